The molecule has 1 unspecified atom stereocenters. The number of aliphatic hydroxyl groups is 1. The van der Waals surface area contributed by atoms with E-state index < -0.39 is 39.0 Å². The average molecular weight is 622 g/mol. The Morgan fingerprint density at radius 3 is 2.20 bits per heavy atom. The summed E-state index contributed by atoms with van der Waals surface area (Å²) < 4.78 is -1.60. The van der Waals surface area contributed by atoms with Crippen molar-refractivity contribution in [2.75, 3.05) is 19.7 Å². The first-order chi connectivity index (χ1) is 20.5. The molecule has 1 spiro atoms. The van der Waals surface area contributed by atoms with Crippen molar-refractivity contribution >= 4 is 29.5 Å². The van der Waals surface area contributed by atoms with Crippen molar-refractivity contribution in [2.45, 2.75) is 102 Å². The maximum absolute atomic E-state index is 15.0. The van der Waals surface area contributed by atoms with Crippen LogP contribution in [0.2, 0.25) is 0 Å². The molecular weight excluding hydrogens is 570 g/mol. The fourth-order valence-corrected chi connectivity index (χ4v) is 10.8. The standard InChI is InChI=1S/C36H51N3O4S/c1-24(2)20-26(22-40)39-29-32(43)38(34(6,7)23-33(3,4)5)19-13-17-36(29)28(31(39)42)27-30(41)37(18-12-16-35(27,8)44-36)21-25-14-10-9-11-15-25/h9-17,24,26-29,40H,18-23H2,1-8H3/t26-,27+,28+,29?,35-,36+/m1/s1. The number of carbonyl (C=O) groups excluding carboxylic acids is 3. The first-order valence-corrected chi connectivity index (χ1v) is 17.0. The molecule has 240 valence electrons. The zero-order valence-electron chi connectivity index (χ0n) is 27.7. The molecule has 1 N–H and O–H groups in total. The van der Waals surface area contributed by atoms with Gasteiger partial charge < -0.3 is 19.8 Å². The van der Waals surface area contributed by atoms with E-state index >= 15 is 4.79 Å². The number of hydrogen-bond donors (Lipinski definition) is 1. The number of nitrogens with zero attached hydrogens (tertiary/aromatic N) is 3. The van der Waals surface area contributed by atoms with Crippen LogP contribution in [0.1, 0.15) is 73.8 Å². The predicted octanol–water partition coefficient (Wildman–Crippen LogP) is 5.29. The summed E-state index contributed by atoms with van der Waals surface area (Å²) in [5, 5.41) is 10.7. The Kier molecular flexibility index (Phi) is 8.69. The quantitative estimate of drug-likeness (QED) is 0.399. The second-order valence-corrected chi connectivity index (χ2v) is 17.5. The SMILES string of the molecule is CC(C)C[C@H](CO)N1C(=O)[C@@H]2[C@H]3C(=O)N(Cc4ccccc4)CC=C[C@@]3(C)S[C@@]23C=CCN(C(C)(C)CC(C)(C)C)C(=O)C13. The second-order valence-electron chi connectivity index (χ2n) is 15.7. The third-order valence-electron chi connectivity index (χ3n) is 9.84. The van der Waals surface area contributed by atoms with Crippen molar-refractivity contribution in [1.82, 2.24) is 14.7 Å². The van der Waals surface area contributed by atoms with E-state index in [1.165, 1.54) is 0 Å². The molecule has 44 heavy (non-hydrogen) atoms. The normalized spacial score (nSPS) is 31.3. The van der Waals surface area contributed by atoms with Crippen LogP contribution in [0, 0.1) is 23.2 Å². The van der Waals surface area contributed by atoms with E-state index in [2.05, 4.69) is 79.7 Å². The summed E-state index contributed by atoms with van der Waals surface area (Å²) in [6.07, 6.45) is 9.66. The van der Waals surface area contributed by atoms with E-state index in [-0.39, 0.29) is 35.7 Å². The first-order valence-electron chi connectivity index (χ1n) is 16.2. The summed E-state index contributed by atoms with van der Waals surface area (Å²) in [7, 11) is 0. The van der Waals surface area contributed by atoms with Gasteiger partial charge in [0, 0.05) is 29.9 Å². The van der Waals surface area contributed by atoms with Crippen LogP contribution in [0.5, 0.6) is 0 Å². The zero-order chi connectivity index (χ0) is 32.2. The highest BCUT2D eigenvalue weighted by atomic mass is 32.2. The molecule has 1 aromatic rings. The van der Waals surface area contributed by atoms with Gasteiger partial charge >= 0.3 is 0 Å². The lowest BCUT2D eigenvalue weighted by molar-refractivity contribution is -0.150. The first kappa shape index (κ1) is 32.8. The summed E-state index contributed by atoms with van der Waals surface area (Å²) in [4.78, 5) is 50.0. The highest BCUT2D eigenvalue weighted by molar-refractivity contribution is 8.02. The average Bonchev–Trinajstić information content (AvgIpc) is 3.19. The summed E-state index contributed by atoms with van der Waals surface area (Å²) in [5.74, 6) is -1.48. The third kappa shape index (κ3) is 5.66. The van der Waals surface area contributed by atoms with Gasteiger partial charge in [-0.25, -0.2) is 0 Å². The summed E-state index contributed by atoms with van der Waals surface area (Å²) in [6.45, 7) is 18.1. The molecule has 2 fully saturated rings. The van der Waals surface area contributed by atoms with Crippen LogP contribution in [-0.4, -0.2) is 84.3 Å². The maximum atomic E-state index is 15.0. The summed E-state index contributed by atoms with van der Waals surface area (Å²) in [6, 6.07) is 8.61. The van der Waals surface area contributed by atoms with Gasteiger partial charge in [-0.3, -0.25) is 14.4 Å². The summed E-state index contributed by atoms with van der Waals surface area (Å²) >= 11 is 1.61. The van der Waals surface area contributed by atoms with Gasteiger partial charge in [-0.1, -0.05) is 89.3 Å². The van der Waals surface area contributed by atoms with Crippen LogP contribution in [-0.2, 0) is 20.9 Å². The number of amides is 3. The lowest BCUT2D eigenvalue weighted by Crippen LogP contribution is -2.60. The molecule has 8 heteroatoms. The lowest BCUT2D eigenvalue weighted by Gasteiger charge is -2.46. The summed E-state index contributed by atoms with van der Waals surface area (Å²) in [5.41, 5.74) is 0.553. The number of thioether (sulfide) groups is 1. The van der Waals surface area contributed by atoms with Crippen molar-refractivity contribution in [3.05, 3.63) is 60.2 Å². The number of hydrogen-bond acceptors (Lipinski definition) is 5. The highest BCUT2D eigenvalue weighted by Gasteiger charge is 2.74. The Balaban J connectivity index is 1.62. The molecule has 0 bridgehead atoms. The molecule has 3 amide bonds. The van der Waals surface area contributed by atoms with E-state index in [1.54, 1.807) is 16.7 Å². The Morgan fingerprint density at radius 1 is 0.932 bits per heavy atom. The van der Waals surface area contributed by atoms with E-state index in [0.29, 0.717) is 26.1 Å². The third-order valence-corrected chi connectivity index (χ3v) is 11.6. The van der Waals surface area contributed by atoms with Crippen LogP contribution >= 0.6 is 11.8 Å². The second kappa shape index (κ2) is 11.7. The van der Waals surface area contributed by atoms with Crippen molar-refractivity contribution in [3.8, 4) is 0 Å². The van der Waals surface area contributed by atoms with Crippen LogP contribution in [0.25, 0.3) is 0 Å². The van der Waals surface area contributed by atoms with Crippen molar-refractivity contribution < 1.29 is 19.5 Å². The number of benzene rings is 1. The number of carbonyl (C=O) groups is 3. The minimum atomic E-state index is -0.930. The molecule has 7 nitrogen and oxygen atoms in total. The minimum Gasteiger partial charge on any atom is -0.394 e. The van der Waals surface area contributed by atoms with Crippen LogP contribution in [0.3, 0.4) is 0 Å². The molecule has 0 aromatic heterocycles. The van der Waals surface area contributed by atoms with Gasteiger partial charge in [0.1, 0.15) is 6.04 Å². The van der Waals surface area contributed by atoms with Crippen LogP contribution in [0.4, 0.5) is 0 Å². The van der Waals surface area contributed by atoms with Crippen molar-refractivity contribution in [2.24, 2.45) is 23.2 Å². The highest BCUT2D eigenvalue weighted by Crippen LogP contribution is 2.66. The van der Waals surface area contributed by atoms with Gasteiger partial charge in [0.2, 0.25) is 17.7 Å². The Bertz CT molecular complexity index is 1330. The van der Waals surface area contributed by atoms with Crippen LogP contribution in [0.15, 0.2) is 54.6 Å². The van der Waals surface area contributed by atoms with E-state index in [0.717, 1.165) is 12.0 Å². The zero-order valence-corrected chi connectivity index (χ0v) is 28.6. The topological polar surface area (TPSA) is 81.2 Å². The lowest BCUT2D eigenvalue weighted by atomic mass is 9.74. The van der Waals surface area contributed by atoms with E-state index in [9.17, 15) is 14.7 Å². The smallest absolute Gasteiger partial charge is 0.247 e. The Morgan fingerprint density at radius 2 is 1.59 bits per heavy atom. The number of aliphatic hydroxyl groups excluding tert-OH is 1. The molecule has 5 rings (SSSR count). The molecule has 4 heterocycles. The molecule has 4 aliphatic rings. The predicted molar refractivity (Wildman–Crippen MR) is 177 cm³/mol. The molecular formula is C36H51N3O4S. The maximum Gasteiger partial charge on any atom is 0.247 e. The number of likely N-dealkylation sites (tertiary alicyclic amines) is 1. The molecule has 0 radical (unpaired) electrons. The van der Waals surface area contributed by atoms with Crippen molar-refractivity contribution in [1.29, 1.82) is 0 Å². The van der Waals surface area contributed by atoms with Crippen LogP contribution < -0.4 is 0 Å². The van der Waals surface area contributed by atoms with Crippen molar-refractivity contribution in [3.63, 3.8) is 0 Å². The van der Waals surface area contributed by atoms with Gasteiger partial charge in [-0.2, -0.15) is 0 Å². The van der Waals surface area contributed by atoms with E-state index in [1.807, 2.05) is 40.1 Å². The van der Waals surface area contributed by atoms with Gasteiger partial charge in [0.15, 0.2) is 0 Å². The molecule has 2 saturated heterocycles. The largest absolute Gasteiger partial charge is 0.394 e. The van der Waals surface area contributed by atoms with Gasteiger partial charge in [0.05, 0.1) is 29.2 Å². The minimum absolute atomic E-state index is 0.0152. The van der Waals surface area contributed by atoms with Gasteiger partial charge in [0.25, 0.3) is 0 Å². The molecule has 6 atom stereocenters. The van der Waals surface area contributed by atoms with E-state index in [4.69, 9.17) is 0 Å². The van der Waals surface area contributed by atoms with Gasteiger partial charge in [-0.05, 0) is 50.5 Å². The molecule has 0 saturated carbocycles. The Labute approximate surface area is 268 Å². The fraction of sp³-hybridized carbons (Fsp3) is 0.639. The molecule has 1 aromatic carbocycles. The monoisotopic (exact) mass is 621 g/mol. The Hall–Kier alpha value is -2.58. The number of rotatable bonds is 8. The molecule has 0 aliphatic carbocycles. The molecule has 4 aliphatic heterocycles. The fourth-order valence-electron chi connectivity index (χ4n) is 8.61. The number of fused-ring (bicyclic) bond motifs is 2. The van der Waals surface area contributed by atoms with Gasteiger partial charge in [-0.15, -0.1) is 11.8 Å².